The smallest absolute Gasteiger partial charge is 0.290 e. The van der Waals surface area contributed by atoms with E-state index in [2.05, 4.69) is 25.5 Å². The topological polar surface area (TPSA) is 52.9 Å². The molecule has 0 aliphatic heterocycles. The van der Waals surface area contributed by atoms with Crippen molar-refractivity contribution in [2.24, 2.45) is 0 Å². The van der Waals surface area contributed by atoms with Gasteiger partial charge in [-0.25, -0.2) is 4.68 Å². The van der Waals surface area contributed by atoms with E-state index in [1.807, 2.05) is 4.68 Å². The van der Waals surface area contributed by atoms with Crippen molar-refractivity contribution in [3.8, 4) is 0 Å². The number of nitrogens with two attached hydrogens (primary N) is 1. The van der Waals surface area contributed by atoms with Gasteiger partial charge in [0.05, 0.1) is 5.69 Å². The zero-order valence-electron chi connectivity index (χ0n) is 11.3. The molecule has 0 fully saturated rings. The second-order valence-electron chi connectivity index (χ2n) is 4.52. The molecule has 0 saturated carbocycles. The molecule has 1 aromatic rings. The van der Waals surface area contributed by atoms with Crippen LogP contribution in [0.5, 0.6) is 0 Å². The summed E-state index contributed by atoms with van der Waals surface area (Å²) >= 11 is 0. The molecule has 1 aromatic heterocycles. The number of hydrogen-bond acceptors (Lipinski definition) is 2. The van der Waals surface area contributed by atoms with E-state index in [4.69, 9.17) is 5.73 Å². The molecule has 4 heteroatoms. The van der Waals surface area contributed by atoms with Crippen LogP contribution in [-0.2, 0) is 19.5 Å². The van der Waals surface area contributed by atoms with Crippen LogP contribution in [0.4, 0.5) is 5.69 Å². The van der Waals surface area contributed by atoms with E-state index in [-0.39, 0.29) is 5.56 Å². The second kappa shape index (κ2) is 6.52. The summed E-state index contributed by atoms with van der Waals surface area (Å²) in [5.74, 6) is 0. The van der Waals surface area contributed by atoms with Crippen molar-refractivity contribution < 1.29 is 0 Å². The molecule has 2 N–H and O–H groups in total. The molecule has 0 radical (unpaired) electrons. The molecule has 0 atom stereocenters. The first-order valence-electron chi connectivity index (χ1n) is 6.75. The number of rotatable bonds is 7. The summed E-state index contributed by atoms with van der Waals surface area (Å²) in [6.45, 7) is 8.04. The minimum Gasteiger partial charge on any atom is -0.393 e. The minimum absolute atomic E-state index is 0.00431. The first-order chi connectivity index (χ1) is 8.17. The first kappa shape index (κ1) is 13.9. The fraction of sp³-hybridized carbons (Fsp3) is 0.769. The average molecular weight is 239 g/mol. The largest absolute Gasteiger partial charge is 0.393 e. The molecule has 0 spiro atoms. The standard InChI is InChI=1S/C13H25N3O/c1-4-7-10-16-13(17)12(14)11(8-5-2)15(16)9-6-3/h4-10,14H2,1-3H3. The van der Waals surface area contributed by atoms with Crippen molar-refractivity contribution in [1.29, 1.82) is 0 Å². The van der Waals surface area contributed by atoms with Gasteiger partial charge in [-0.05, 0) is 19.3 Å². The Hall–Kier alpha value is -1.19. The van der Waals surface area contributed by atoms with Gasteiger partial charge in [-0.15, -0.1) is 0 Å². The van der Waals surface area contributed by atoms with E-state index in [9.17, 15) is 4.79 Å². The van der Waals surface area contributed by atoms with Gasteiger partial charge in [-0.1, -0.05) is 33.6 Å². The molecule has 0 aliphatic carbocycles. The molecule has 0 bridgehead atoms. The third-order valence-electron chi connectivity index (χ3n) is 3.02. The fourth-order valence-electron chi connectivity index (χ4n) is 2.15. The summed E-state index contributed by atoms with van der Waals surface area (Å²) in [4.78, 5) is 12.1. The highest BCUT2D eigenvalue weighted by Gasteiger charge is 2.15. The molecule has 17 heavy (non-hydrogen) atoms. The number of anilines is 1. The maximum Gasteiger partial charge on any atom is 0.290 e. The third-order valence-corrected chi connectivity index (χ3v) is 3.02. The molecule has 0 unspecified atom stereocenters. The lowest BCUT2D eigenvalue weighted by atomic mass is 10.2. The van der Waals surface area contributed by atoms with E-state index in [0.717, 1.165) is 50.9 Å². The average Bonchev–Trinajstić information content (AvgIpc) is 2.53. The van der Waals surface area contributed by atoms with Crippen LogP contribution < -0.4 is 11.3 Å². The monoisotopic (exact) mass is 239 g/mol. The van der Waals surface area contributed by atoms with Gasteiger partial charge in [0.2, 0.25) is 0 Å². The normalized spacial score (nSPS) is 11.0. The van der Waals surface area contributed by atoms with Crippen molar-refractivity contribution in [3.05, 3.63) is 16.0 Å². The van der Waals surface area contributed by atoms with Crippen LogP contribution in [0.1, 0.15) is 52.1 Å². The highest BCUT2D eigenvalue weighted by molar-refractivity contribution is 5.41. The van der Waals surface area contributed by atoms with Gasteiger partial charge < -0.3 is 5.73 Å². The Labute approximate surface area is 103 Å². The van der Waals surface area contributed by atoms with Crippen LogP contribution in [0.2, 0.25) is 0 Å². The van der Waals surface area contributed by atoms with E-state index in [1.54, 1.807) is 0 Å². The fourth-order valence-corrected chi connectivity index (χ4v) is 2.15. The lowest BCUT2D eigenvalue weighted by Gasteiger charge is -2.13. The van der Waals surface area contributed by atoms with Gasteiger partial charge in [0, 0.05) is 13.1 Å². The quantitative estimate of drug-likeness (QED) is 0.794. The van der Waals surface area contributed by atoms with Gasteiger partial charge in [-0.3, -0.25) is 9.48 Å². The molecular weight excluding hydrogens is 214 g/mol. The summed E-state index contributed by atoms with van der Waals surface area (Å²) in [6, 6.07) is 0. The molecule has 0 amide bonds. The second-order valence-corrected chi connectivity index (χ2v) is 4.52. The molecule has 1 rings (SSSR count). The lowest BCUT2D eigenvalue weighted by Crippen LogP contribution is -2.24. The number of hydrogen-bond donors (Lipinski definition) is 1. The zero-order valence-corrected chi connectivity index (χ0v) is 11.3. The molecular formula is C13H25N3O. The minimum atomic E-state index is -0.00431. The van der Waals surface area contributed by atoms with E-state index in [1.165, 1.54) is 0 Å². The highest BCUT2D eigenvalue weighted by atomic mass is 16.1. The van der Waals surface area contributed by atoms with Crippen molar-refractivity contribution in [2.45, 2.75) is 66.0 Å². The van der Waals surface area contributed by atoms with E-state index >= 15 is 0 Å². The predicted octanol–water partition coefficient (Wildman–Crippen LogP) is 2.39. The van der Waals surface area contributed by atoms with Crippen molar-refractivity contribution >= 4 is 5.69 Å². The Bertz CT molecular complexity index is 404. The lowest BCUT2D eigenvalue weighted by molar-refractivity contribution is 0.414. The van der Waals surface area contributed by atoms with Crippen LogP contribution in [0.25, 0.3) is 0 Å². The summed E-state index contributed by atoms with van der Waals surface area (Å²) in [7, 11) is 0. The van der Waals surface area contributed by atoms with Crippen LogP contribution in [-0.4, -0.2) is 9.36 Å². The first-order valence-corrected chi connectivity index (χ1v) is 6.75. The van der Waals surface area contributed by atoms with Crippen molar-refractivity contribution in [1.82, 2.24) is 9.36 Å². The van der Waals surface area contributed by atoms with Crippen molar-refractivity contribution in [2.75, 3.05) is 5.73 Å². The molecule has 0 aliphatic rings. The van der Waals surface area contributed by atoms with Gasteiger partial charge in [0.25, 0.3) is 5.56 Å². The molecule has 0 aromatic carbocycles. The summed E-state index contributed by atoms with van der Waals surface area (Å²) in [5, 5.41) is 0. The summed E-state index contributed by atoms with van der Waals surface area (Å²) in [6.07, 6.45) is 5.05. The number of nitrogen functional groups attached to an aromatic ring is 1. The Morgan fingerprint density at radius 3 is 2.24 bits per heavy atom. The highest BCUT2D eigenvalue weighted by Crippen LogP contribution is 2.12. The zero-order chi connectivity index (χ0) is 12.8. The Morgan fingerprint density at radius 1 is 1.00 bits per heavy atom. The molecule has 4 nitrogen and oxygen atoms in total. The molecule has 0 saturated heterocycles. The summed E-state index contributed by atoms with van der Waals surface area (Å²) < 4.78 is 3.92. The van der Waals surface area contributed by atoms with Gasteiger partial charge >= 0.3 is 0 Å². The van der Waals surface area contributed by atoms with Gasteiger partial charge in [0.1, 0.15) is 5.69 Å². The number of aromatic nitrogens is 2. The van der Waals surface area contributed by atoms with Crippen LogP contribution >= 0.6 is 0 Å². The number of nitrogens with zero attached hydrogens (tertiary/aromatic N) is 2. The Kier molecular flexibility index (Phi) is 5.32. The molecule has 1 heterocycles. The van der Waals surface area contributed by atoms with Crippen molar-refractivity contribution in [3.63, 3.8) is 0 Å². The van der Waals surface area contributed by atoms with Crippen LogP contribution in [0.3, 0.4) is 0 Å². The Balaban J connectivity index is 3.16. The Morgan fingerprint density at radius 2 is 1.71 bits per heavy atom. The van der Waals surface area contributed by atoms with Gasteiger partial charge in [0.15, 0.2) is 0 Å². The third kappa shape index (κ3) is 2.93. The van der Waals surface area contributed by atoms with E-state index < -0.39 is 0 Å². The summed E-state index contributed by atoms with van der Waals surface area (Å²) in [5.41, 5.74) is 7.41. The predicted molar refractivity (Wildman–Crippen MR) is 72.3 cm³/mol. The SMILES string of the molecule is CCCCn1c(=O)c(N)c(CCC)n1CCC. The van der Waals surface area contributed by atoms with Crippen LogP contribution in [0, 0.1) is 0 Å². The number of unbranched alkanes of at least 4 members (excludes halogenated alkanes) is 1. The molecule has 98 valence electrons. The van der Waals surface area contributed by atoms with Gasteiger partial charge in [-0.2, -0.15) is 0 Å². The van der Waals surface area contributed by atoms with E-state index in [0.29, 0.717) is 5.69 Å². The van der Waals surface area contributed by atoms with Crippen LogP contribution in [0.15, 0.2) is 4.79 Å². The maximum atomic E-state index is 12.1. The maximum absolute atomic E-state index is 12.1.